The molecular formula is C42H32N2. The fourth-order valence-corrected chi connectivity index (χ4v) is 5.90. The van der Waals surface area contributed by atoms with Crippen molar-refractivity contribution in [1.82, 2.24) is 0 Å². The Morgan fingerprint density at radius 3 is 1.98 bits per heavy atom. The molecule has 0 aliphatic carbocycles. The molecular weight excluding hydrogens is 532 g/mol. The molecule has 44 heavy (non-hydrogen) atoms. The van der Waals surface area contributed by atoms with Crippen molar-refractivity contribution >= 4 is 39.6 Å². The topological polar surface area (TPSA) is 6.48 Å². The molecule has 2 aliphatic heterocycles. The third kappa shape index (κ3) is 5.14. The maximum Gasteiger partial charge on any atom is 0.0540 e. The van der Waals surface area contributed by atoms with Crippen LogP contribution in [-0.4, -0.2) is 0 Å². The fraction of sp³-hybridized carbons (Fsp3) is 0. The van der Waals surface area contributed by atoms with Gasteiger partial charge in [-0.15, -0.1) is 0 Å². The van der Waals surface area contributed by atoms with Crippen LogP contribution in [0.3, 0.4) is 0 Å². The molecule has 2 nitrogen and oxygen atoms in total. The highest BCUT2D eigenvalue weighted by atomic mass is 15.2. The Labute approximate surface area is 259 Å². The van der Waals surface area contributed by atoms with E-state index in [1.165, 1.54) is 11.1 Å². The molecule has 0 spiro atoms. The molecule has 2 heterocycles. The second-order valence-electron chi connectivity index (χ2n) is 10.9. The van der Waals surface area contributed by atoms with E-state index >= 15 is 0 Å². The van der Waals surface area contributed by atoms with Crippen LogP contribution in [0, 0.1) is 0 Å². The van der Waals surface area contributed by atoms with Crippen molar-refractivity contribution in [2.24, 2.45) is 0 Å². The van der Waals surface area contributed by atoms with E-state index in [9.17, 15) is 0 Å². The van der Waals surface area contributed by atoms with Gasteiger partial charge < -0.3 is 9.80 Å². The van der Waals surface area contributed by atoms with Crippen LogP contribution in [0.4, 0.5) is 22.7 Å². The number of allylic oxidation sites excluding steroid dienone is 8. The summed E-state index contributed by atoms with van der Waals surface area (Å²) in [6, 6.07) is 44.9. The lowest BCUT2D eigenvalue weighted by Crippen LogP contribution is -2.18. The molecule has 0 bridgehead atoms. The number of para-hydroxylation sites is 2. The Balaban J connectivity index is 1.38. The van der Waals surface area contributed by atoms with Gasteiger partial charge in [0.25, 0.3) is 0 Å². The van der Waals surface area contributed by atoms with Crippen molar-refractivity contribution in [3.8, 4) is 11.1 Å². The van der Waals surface area contributed by atoms with Gasteiger partial charge in [-0.05, 0) is 82.5 Å². The summed E-state index contributed by atoms with van der Waals surface area (Å²) >= 11 is 0. The van der Waals surface area contributed by atoms with E-state index in [4.69, 9.17) is 0 Å². The Kier molecular flexibility index (Phi) is 7.24. The van der Waals surface area contributed by atoms with Gasteiger partial charge in [0.15, 0.2) is 0 Å². The molecule has 0 fully saturated rings. The highest BCUT2D eigenvalue weighted by molar-refractivity contribution is 5.97. The van der Waals surface area contributed by atoms with Crippen LogP contribution in [-0.2, 0) is 0 Å². The summed E-state index contributed by atoms with van der Waals surface area (Å²) in [5, 5.41) is 0. The van der Waals surface area contributed by atoms with Crippen LogP contribution < -0.4 is 9.80 Å². The average Bonchev–Trinajstić information content (AvgIpc) is 3.07. The number of hydrogen-bond donors (Lipinski definition) is 0. The van der Waals surface area contributed by atoms with E-state index in [2.05, 4.69) is 193 Å². The van der Waals surface area contributed by atoms with Crippen LogP contribution >= 0.6 is 0 Å². The van der Waals surface area contributed by atoms with Gasteiger partial charge in [0.05, 0.1) is 17.1 Å². The second kappa shape index (κ2) is 11.8. The van der Waals surface area contributed by atoms with E-state index in [1.807, 2.05) is 0 Å². The standard InChI is InChI=1S/C42H32N2/c1-31-16-13-25-40(44(36-20-7-4-8-21-36)42-24-10-9-23-38(31)42)35-26-27-41-39(30-35)32(2)15-11-12-28-43(41)37-22-14-19-34(29-37)33-17-5-3-6-18-33/h3-30H,1-2H2/b15-11-,16-13-,28-12-,40-25-. The van der Waals surface area contributed by atoms with Gasteiger partial charge in [-0.1, -0.05) is 122 Å². The van der Waals surface area contributed by atoms with Crippen molar-refractivity contribution in [3.63, 3.8) is 0 Å². The van der Waals surface area contributed by atoms with Crippen molar-refractivity contribution in [3.05, 3.63) is 200 Å². The normalized spacial score (nSPS) is 17.6. The minimum atomic E-state index is 0.956. The van der Waals surface area contributed by atoms with E-state index in [0.717, 1.165) is 56.3 Å². The van der Waals surface area contributed by atoms with Crippen LogP contribution in [0.25, 0.3) is 28.0 Å². The van der Waals surface area contributed by atoms with Gasteiger partial charge in [0, 0.05) is 28.7 Å². The maximum atomic E-state index is 4.49. The zero-order valence-corrected chi connectivity index (χ0v) is 24.5. The lowest BCUT2D eigenvalue weighted by atomic mass is 9.95. The van der Waals surface area contributed by atoms with E-state index in [0.29, 0.717) is 0 Å². The van der Waals surface area contributed by atoms with Gasteiger partial charge in [0.1, 0.15) is 0 Å². The Morgan fingerprint density at radius 1 is 0.455 bits per heavy atom. The quantitative estimate of drug-likeness (QED) is 0.214. The Hall–Kier alpha value is -5.86. The first-order chi connectivity index (χ1) is 21.7. The molecule has 0 N–H and O–H groups in total. The number of fused-ring (bicyclic) bond motifs is 2. The summed E-state index contributed by atoms with van der Waals surface area (Å²) in [7, 11) is 0. The minimum absolute atomic E-state index is 0.956. The number of rotatable bonds is 4. The Bertz CT molecular complexity index is 1990. The zero-order valence-electron chi connectivity index (χ0n) is 24.5. The third-order valence-electron chi connectivity index (χ3n) is 8.07. The summed E-state index contributed by atoms with van der Waals surface area (Å²) in [5.74, 6) is 0. The number of benzene rings is 5. The summed E-state index contributed by atoms with van der Waals surface area (Å²) < 4.78 is 0. The van der Waals surface area contributed by atoms with Gasteiger partial charge in [-0.25, -0.2) is 0 Å². The summed E-state index contributed by atoms with van der Waals surface area (Å²) in [6.07, 6.45) is 14.7. The van der Waals surface area contributed by atoms with Crippen molar-refractivity contribution in [2.45, 2.75) is 0 Å². The molecule has 2 heteroatoms. The lowest BCUT2D eigenvalue weighted by Gasteiger charge is -2.32. The first kappa shape index (κ1) is 27.0. The summed E-state index contributed by atoms with van der Waals surface area (Å²) in [4.78, 5) is 4.58. The molecule has 0 aromatic heterocycles. The third-order valence-corrected chi connectivity index (χ3v) is 8.07. The van der Waals surface area contributed by atoms with Crippen LogP contribution in [0.2, 0.25) is 0 Å². The lowest BCUT2D eigenvalue weighted by molar-refractivity contribution is 1.25. The van der Waals surface area contributed by atoms with Gasteiger partial charge in [0.2, 0.25) is 0 Å². The van der Waals surface area contributed by atoms with Crippen LogP contribution in [0.5, 0.6) is 0 Å². The smallest absolute Gasteiger partial charge is 0.0540 e. The first-order valence-corrected chi connectivity index (χ1v) is 14.8. The highest BCUT2D eigenvalue weighted by Gasteiger charge is 2.23. The molecule has 210 valence electrons. The highest BCUT2D eigenvalue weighted by Crippen LogP contribution is 2.43. The molecule has 0 atom stereocenters. The molecule has 5 aromatic rings. The molecule has 5 aromatic carbocycles. The fourth-order valence-electron chi connectivity index (χ4n) is 5.90. The average molecular weight is 565 g/mol. The first-order valence-electron chi connectivity index (χ1n) is 14.8. The van der Waals surface area contributed by atoms with E-state index in [-0.39, 0.29) is 0 Å². The summed E-state index contributed by atoms with van der Waals surface area (Å²) in [5.41, 5.74) is 13.0. The molecule has 0 radical (unpaired) electrons. The molecule has 0 amide bonds. The molecule has 2 aliphatic rings. The summed E-state index contributed by atoms with van der Waals surface area (Å²) in [6.45, 7) is 8.85. The predicted octanol–water partition coefficient (Wildman–Crippen LogP) is 11.4. The molecule has 7 rings (SSSR count). The molecule has 0 unspecified atom stereocenters. The van der Waals surface area contributed by atoms with Crippen molar-refractivity contribution in [1.29, 1.82) is 0 Å². The Morgan fingerprint density at radius 2 is 1.14 bits per heavy atom. The SMILES string of the molecule is C=C1/C=C\C=C/N(c2cccc(-c3ccccc3)c2)c2ccc(/C3=C/C=C\C(=C)c4ccccc4N3c3ccccc3)cc21. The van der Waals surface area contributed by atoms with Crippen molar-refractivity contribution < 1.29 is 0 Å². The van der Waals surface area contributed by atoms with E-state index < -0.39 is 0 Å². The molecule has 0 saturated carbocycles. The number of anilines is 4. The second-order valence-corrected chi connectivity index (χ2v) is 10.9. The molecule has 0 saturated heterocycles. The number of hydrogen-bond acceptors (Lipinski definition) is 2. The van der Waals surface area contributed by atoms with Crippen molar-refractivity contribution in [2.75, 3.05) is 9.80 Å². The zero-order chi connectivity index (χ0) is 29.9. The van der Waals surface area contributed by atoms with Gasteiger partial charge in [-0.2, -0.15) is 0 Å². The predicted molar refractivity (Wildman–Crippen MR) is 189 cm³/mol. The minimum Gasteiger partial charge on any atom is -0.317 e. The van der Waals surface area contributed by atoms with Crippen LogP contribution in [0.15, 0.2) is 183 Å². The largest absolute Gasteiger partial charge is 0.317 e. The maximum absolute atomic E-state index is 4.49. The van der Waals surface area contributed by atoms with E-state index in [1.54, 1.807) is 0 Å². The van der Waals surface area contributed by atoms with Crippen LogP contribution in [0.1, 0.15) is 16.7 Å². The van der Waals surface area contributed by atoms with Gasteiger partial charge >= 0.3 is 0 Å². The number of nitrogens with zero attached hydrogens (tertiary/aromatic N) is 2. The monoisotopic (exact) mass is 564 g/mol. The van der Waals surface area contributed by atoms with Gasteiger partial charge in [-0.3, -0.25) is 0 Å².